The van der Waals surface area contributed by atoms with Crippen molar-refractivity contribution in [2.45, 2.75) is 25.2 Å². The second-order valence-electron chi connectivity index (χ2n) is 5.36. The minimum Gasteiger partial charge on any atom is -0.399 e. The summed E-state index contributed by atoms with van der Waals surface area (Å²) in [4.78, 5) is 12.6. The summed E-state index contributed by atoms with van der Waals surface area (Å²) < 4.78 is 0.830. The van der Waals surface area contributed by atoms with Gasteiger partial charge in [-0.3, -0.25) is 4.79 Å². The summed E-state index contributed by atoms with van der Waals surface area (Å²) in [7, 11) is 0. The van der Waals surface area contributed by atoms with Crippen LogP contribution in [0, 0.1) is 0 Å². The van der Waals surface area contributed by atoms with Gasteiger partial charge < -0.3 is 5.73 Å². The van der Waals surface area contributed by atoms with E-state index in [4.69, 9.17) is 5.73 Å². The molecule has 3 rings (SSSR count). The molecule has 1 aliphatic rings. The van der Waals surface area contributed by atoms with Gasteiger partial charge >= 0.3 is 0 Å². The predicted molar refractivity (Wildman–Crippen MR) is 85.0 cm³/mol. The Morgan fingerprint density at radius 3 is 2.55 bits per heavy atom. The minimum atomic E-state index is 0.0270. The first-order valence-corrected chi connectivity index (χ1v) is 7.63. The minimum absolute atomic E-state index is 0.0270. The zero-order valence-electron chi connectivity index (χ0n) is 11.1. The molecule has 0 aliphatic heterocycles. The molecule has 0 amide bonds. The van der Waals surface area contributed by atoms with E-state index >= 15 is 0 Å². The molecular formula is C17H16BrNO. The van der Waals surface area contributed by atoms with Gasteiger partial charge in [-0.05, 0) is 48.6 Å². The molecule has 0 spiro atoms. The van der Waals surface area contributed by atoms with E-state index in [0.717, 1.165) is 10.0 Å². The Kier molecular flexibility index (Phi) is 3.62. The highest BCUT2D eigenvalue weighted by Gasteiger charge is 2.20. The topological polar surface area (TPSA) is 43.1 Å². The molecule has 2 N–H and O–H groups in total. The van der Waals surface area contributed by atoms with Gasteiger partial charge in [-0.25, -0.2) is 0 Å². The van der Waals surface area contributed by atoms with Crippen LogP contribution >= 0.6 is 15.9 Å². The van der Waals surface area contributed by atoms with Crippen molar-refractivity contribution in [1.82, 2.24) is 0 Å². The number of nitrogens with two attached hydrogens (primary N) is 1. The summed E-state index contributed by atoms with van der Waals surface area (Å²) >= 11 is 3.38. The number of hydrogen-bond donors (Lipinski definition) is 1. The summed E-state index contributed by atoms with van der Waals surface area (Å²) in [5.74, 6) is 0.662. The number of halogens is 1. The van der Waals surface area contributed by atoms with E-state index in [1.54, 1.807) is 12.1 Å². The maximum absolute atomic E-state index is 12.6. The van der Waals surface area contributed by atoms with Crippen molar-refractivity contribution in [2.24, 2.45) is 0 Å². The molecule has 1 fully saturated rings. The monoisotopic (exact) mass is 329 g/mol. The van der Waals surface area contributed by atoms with Crippen LogP contribution in [0.3, 0.4) is 0 Å². The number of carbonyl (C=O) groups is 1. The molecule has 0 radical (unpaired) electrons. The molecule has 102 valence electrons. The Hall–Kier alpha value is -1.61. The summed E-state index contributed by atoms with van der Waals surface area (Å²) in [5.41, 5.74) is 9.05. The van der Waals surface area contributed by atoms with Gasteiger partial charge in [0.1, 0.15) is 0 Å². The molecule has 20 heavy (non-hydrogen) atoms. The fraction of sp³-hybridized carbons (Fsp3) is 0.235. The van der Waals surface area contributed by atoms with Crippen LogP contribution in [0.5, 0.6) is 0 Å². The van der Waals surface area contributed by atoms with Gasteiger partial charge in [0, 0.05) is 21.3 Å². The highest BCUT2D eigenvalue weighted by Crippen LogP contribution is 2.36. The summed E-state index contributed by atoms with van der Waals surface area (Å²) in [6.45, 7) is 0. The average molecular weight is 330 g/mol. The zero-order valence-corrected chi connectivity index (χ0v) is 12.7. The van der Waals surface area contributed by atoms with Crippen molar-refractivity contribution < 1.29 is 4.79 Å². The van der Waals surface area contributed by atoms with E-state index in [1.807, 2.05) is 24.3 Å². The lowest BCUT2D eigenvalue weighted by Gasteiger charge is -2.26. The number of carbonyl (C=O) groups excluding carboxylic acids is 1. The Labute approximate surface area is 127 Å². The Bertz CT molecular complexity index is 642. The maximum atomic E-state index is 12.6. The molecule has 0 saturated heterocycles. The van der Waals surface area contributed by atoms with E-state index in [1.165, 1.54) is 24.8 Å². The molecule has 2 aromatic carbocycles. The summed E-state index contributed by atoms with van der Waals surface area (Å²) in [6.07, 6.45) is 3.77. The maximum Gasteiger partial charge on any atom is 0.193 e. The fourth-order valence-corrected chi connectivity index (χ4v) is 3.10. The average Bonchev–Trinajstić information content (AvgIpc) is 2.35. The lowest BCUT2D eigenvalue weighted by Crippen LogP contribution is -2.10. The lowest BCUT2D eigenvalue weighted by atomic mass is 9.79. The third-order valence-corrected chi connectivity index (χ3v) is 4.37. The van der Waals surface area contributed by atoms with Gasteiger partial charge in [-0.15, -0.1) is 0 Å². The Morgan fingerprint density at radius 2 is 1.90 bits per heavy atom. The van der Waals surface area contributed by atoms with Crippen LogP contribution in [0.2, 0.25) is 0 Å². The quantitative estimate of drug-likeness (QED) is 0.664. The van der Waals surface area contributed by atoms with Crippen molar-refractivity contribution in [2.75, 3.05) is 5.73 Å². The largest absolute Gasteiger partial charge is 0.399 e. The third kappa shape index (κ3) is 2.63. The van der Waals surface area contributed by atoms with Crippen molar-refractivity contribution in [1.29, 1.82) is 0 Å². The standard InChI is InChI=1S/C17H16BrNO/c18-15-8-14(9-16(19)10-15)17(20)13-6-2-5-12(7-13)11-3-1-4-11/h2,5-11H,1,3-4,19H2. The van der Waals surface area contributed by atoms with Crippen LogP contribution in [-0.2, 0) is 0 Å². The van der Waals surface area contributed by atoms with E-state index in [2.05, 4.69) is 22.0 Å². The van der Waals surface area contributed by atoms with Gasteiger partial charge in [0.15, 0.2) is 5.78 Å². The number of ketones is 1. The number of hydrogen-bond acceptors (Lipinski definition) is 2. The summed E-state index contributed by atoms with van der Waals surface area (Å²) in [6, 6.07) is 13.3. The van der Waals surface area contributed by atoms with E-state index < -0.39 is 0 Å². The highest BCUT2D eigenvalue weighted by molar-refractivity contribution is 9.10. The highest BCUT2D eigenvalue weighted by atomic mass is 79.9. The van der Waals surface area contributed by atoms with Crippen LogP contribution in [0.1, 0.15) is 46.7 Å². The van der Waals surface area contributed by atoms with Crippen LogP contribution in [0.15, 0.2) is 46.9 Å². The second kappa shape index (κ2) is 5.41. The molecule has 0 heterocycles. The van der Waals surface area contributed by atoms with E-state index in [-0.39, 0.29) is 5.78 Å². The first-order valence-electron chi connectivity index (χ1n) is 6.84. The number of rotatable bonds is 3. The van der Waals surface area contributed by atoms with Crippen molar-refractivity contribution in [3.05, 3.63) is 63.6 Å². The van der Waals surface area contributed by atoms with Crippen LogP contribution < -0.4 is 5.73 Å². The fourth-order valence-electron chi connectivity index (χ4n) is 2.59. The molecule has 2 nitrogen and oxygen atoms in total. The first-order chi connectivity index (χ1) is 9.63. The number of anilines is 1. The number of nitrogen functional groups attached to an aromatic ring is 1. The zero-order chi connectivity index (χ0) is 14.1. The normalized spacial score (nSPS) is 14.8. The molecule has 1 saturated carbocycles. The summed E-state index contributed by atoms with van der Waals surface area (Å²) in [5, 5.41) is 0. The molecule has 0 bridgehead atoms. The van der Waals surface area contributed by atoms with Crippen LogP contribution in [0.4, 0.5) is 5.69 Å². The van der Waals surface area contributed by atoms with Gasteiger partial charge in [0.25, 0.3) is 0 Å². The Morgan fingerprint density at radius 1 is 1.10 bits per heavy atom. The van der Waals surface area contributed by atoms with Crippen LogP contribution in [0.25, 0.3) is 0 Å². The molecule has 0 unspecified atom stereocenters. The lowest BCUT2D eigenvalue weighted by molar-refractivity contribution is 0.103. The third-order valence-electron chi connectivity index (χ3n) is 3.91. The first kappa shape index (κ1) is 13.4. The van der Waals surface area contributed by atoms with Gasteiger partial charge in [0.05, 0.1) is 0 Å². The predicted octanol–water partition coefficient (Wildman–Crippen LogP) is 4.53. The van der Waals surface area contributed by atoms with Crippen molar-refractivity contribution in [3.63, 3.8) is 0 Å². The smallest absolute Gasteiger partial charge is 0.193 e. The molecule has 3 heteroatoms. The molecule has 2 aromatic rings. The molecule has 1 aliphatic carbocycles. The van der Waals surface area contributed by atoms with Crippen LogP contribution in [-0.4, -0.2) is 5.78 Å². The molecular weight excluding hydrogens is 314 g/mol. The van der Waals surface area contributed by atoms with E-state index in [9.17, 15) is 4.79 Å². The van der Waals surface area contributed by atoms with Gasteiger partial charge in [-0.1, -0.05) is 40.5 Å². The number of benzene rings is 2. The molecule has 0 atom stereocenters. The SMILES string of the molecule is Nc1cc(Br)cc(C(=O)c2cccc(C3CCC3)c2)c1. The second-order valence-corrected chi connectivity index (χ2v) is 6.27. The van der Waals surface area contributed by atoms with Gasteiger partial charge in [-0.2, -0.15) is 0 Å². The van der Waals surface area contributed by atoms with E-state index in [0.29, 0.717) is 17.2 Å². The van der Waals surface area contributed by atoms with Crippen molar-refractivity contribution in [3.8, 4) is 0 Å². The van der Waals surface area contributed by atoms with Gasteiger partial charge in [0.2, 0.25) is 0 Å². The molecule has 0 aromatic heterocycles. The van der Waals surface area contributed by atoms with Crippen molar-refractivity contribution >= 4 is 27.4 Å². The Balaban J connectivity index is 1.93.